The number of para-hydroxylation sites is 1. The minimum atomic E-state index is -0.651. The summed E-state index contributed by atoms with van der Waals surface area (Å²) < 4.78 is 19.9. The van der Waals surface area contributed by atoms with E-state index in [9.17, 15) is 9.18 Å². The van der Waals surface area contributed by atoms with Gasteiger partial charge >= 0.3 is 0 Å². The molecule has 2 unspecified atom stereocenters. The van der Waals surface area contributed by atoms with Gasteiger partial charge in [0, 0.05) is 20.5 Å². The van der Waals surface area contributed by atoms with E-state index in [2.05, 4.69) is 18.2 Å². The van der Waals surface area contributed by atoms with E-state index in [1.807, 2.05) is 53.4 Å². The average Bonchev–Trinajstić information content (AvgIpc) is 2.93. The van der Waals surface area contributed by atoms with Crippen molar-refractivity contribution in [1.82, 2.24) is 0 Å². The Bertz CT molecular complexity index is 1470. The number of carbonyl (C=O) groups is 1. The van der Waals surface area contributed by atoms with Crippen LogP contribution in [0, 0.1) is 5.82 Å². The molecule has 1 aliphatic heterocycles. The number of benzene rings is 4. The van der Waals surface area contributed by atoms with E-state index in [4.69, 9.17) is 16.3 Å². The molecule has 4 aromatic rings. The number of hydrogen-bond donors (Lipinski definition) is 0. The highest BCUT2D eigenvalue weighted by Crippen LogP contribution is 2.48. The molecular weight excluding hydrogens is 505 g/mol. The Kier molecular flexibility index (Phi) is 6.49. The summed E-state index contributed by atoms with van der Waals surface area (Å²) in [5.41, 5.74) is 4.33. The molecule has 1 fully saturated rings. The zero-order valence-corrected chi connectivity index (χ0v) is 21.4. The fourth-order valence-electron chi connectivity index (χ4n) is 4.99. The fourth-order valence-corrected chi connectivity index (χ4v) is 6.29. The van der Waals surface area contributed by atoms with Crippen LogP contribution in [0.2, 0.25) is 5.02 Å². The van der Waals surface area contributed by atoms with Crippen molar-refractivity contribution >= 4 is 39.9 Å². The summed E-state index contributed by atoms with van der Waals surface area (Å²) in [7, 11) is 0. The Morgan fingerprint density at radius 3 is 2.30 bits per heavy atom. The summed E-state index contributed by atoms with van der Waals surface area (Å²) in [6.07, 6.45) is 1.01. The summed E-state index contributed by atoms with van der Waals surface area (Å²) >= 11 is 7.76. The standard InChI is InChI=1S/C31H23ClFNO2S/c32-21-11-15-23(16-12-21)34-28(29(31(34)35)36-24-7-2-1-3-8-24)27-19-10-20-6-4-5-9-26(20)30(27)37-25-17-13-22(33)14-18-25/h1-9,11-18,28-29H,10,19H2. The second-order valence-electron chi connectivity index (χ2n) is 9.05. The number of aryl methyl sites for hydroxylation is 1. The molecule has 4 aromatic carbocycles. The highest BCUT2D eigenvalue weighted by atomic mass is 35.5. The topological polar surface area (TPSA) is 29.5 Å². The minimum absolute atomic E-state index is 0.0892. The molecule has 1 amide bonds. The number of ether oxygens (including phenoxy) is 1. The van der Waals surface area contributed by atoms with Crippen LogP contribution >= 0.6 is 23.4 Å². The van der Waals surface area contributed by atoms with Gasteiger partial charge in [0.15, 0.2) is 0 Å². The summed E-state index contributed by atoms with van der Waals surface area (Å²) in [6, 6.07) is 31.4. The molecule has 0 aromatic heterocycles. The normalized spacial score (nSPS) is 18.9. The van der Waals surface area contributed by atoms with E-state index in [0.29, 0.717) is 10.8 Å². The van der Waals surface area contributed by atoms with Gasteiger partial charge in [-0.3, -0.25) is 9.69 Å². The van der Waals surface area contributed by atoms with E-state index in [1.54, 1.807) is 36.0 Å². The molecule has 6 heteroatoms. The van der Waals surface area contributed by atoms with E-state index < -0.39 is 6.10 Å². The first-order valence-corrected chi connectivity index (χ1v) is 13.3. The van der Waals surface area contributed by atoms with Gasteiger partial charge in [0.05, 0.1) is 0 Å². The van der Waals surface area contributed by atoms with Crippen molar-refractivity contribution in [2.75, 3.05) is 4.90 Å². The second-order valence-corrected chi connectivity index (χ2v) is 10.6. The molecule has 1 aliphatic carbocycles. The zero-order valence-electron chi connectivity index (χ0n) is 19.8. The molecule has 1 heterocycles. The van der Waals surface area contributed by atoms with E-state index in [-0.39, 0.29) is 17.8 Å². The average molecular weight is 528 g/mol. The van der Waals surface area contributed by atoms with E-state index >= 15 is 0 Å². The quantitative estimate of drug-likeness (QED) is 0.240. The molecule has 6 rings (SSSR count). The molecule has 1 saturated heterocycles. The Labute approximate surface area is 224 Å². The van der Waals surface area contributed by atoms with Gasteiger partial charge in [-0.05, 0) is 90.2 Å². The Balaban J connectivity index is 1.47. The van der Waals surface area contributed by atoms with Crippen LogP contribution in [-0.2, 0) is 11.2 Å². The Morgan fingerprint density at radius 1 is 0.838 bits per heavy atom. The number of halogens is 2. The molecule has 184 valence electrons. The van der Waals surface area contributed by atoms with Gasteiger partial charge in [0.1, 0.15) is 17.6 Å². The number of nitrogens with zero attached hydrogens (tertiary/aromatic N) is 1. The smallest absolute Gasteiger partial charge is 0.271 e. The van der Waals surface area contributed by atoms with Crippen LogP contribution in [0.15, 0.2) is 114 Å². The lowest BCUT2D eigenvalue weighted by atomic mass is 9.81. The number of carbonyl (C=O) groups excluding carboxylic acids is 1. The molecule has 37 heavy (non-hydrogen) atoms. The van der Waals surface area contributed by atoms with Crippen molar-refractivity contribution in [2.45, 2.75) is 29.9 Å². The molecule has 2 aliphatic rings. The lowest BCUT2D eigenvalue weighted by Crippen LogP contribution is -2.68. The SMILES string of the molecule is O=C1C(Oc2ccccc2)C(C2=C(Sc3ccc(F)cc3)c3ccccc3CC2)N1c1ccc(Cl)cc1. The number of hydrogen-bond acceptors (Lipinski definition) is 3. The van der Waals surface area contributed by atoms with Gasteiger partial charge in [-0.25, -0.2) is 4.39 Å². The number of amides is 1. The minimum Gasteiger partial charge on any atom is -0.478 e. The highest BCUT2D eigenvalue weighted by Gasteiger charge is 2.53. The predicted molar refractivity (Wildman–Crippen MR) is 148 cm³/mol. The predicted octanol–water partition coefficient (Wildman–Crippen LogP) is 7.79. The zero-order chi connectivity index (χ0) is 25.4. The second kappa shape index (κ2) is 10.1. The van der Waals surface area contributed by atoms with Crippen LogP contribution in [0.5, 0.6) is 5.75 Å². The van der Waals surface area contributed by atoms with Crippen molar-refractivity contribution in [2.24, 2.45) is 0 Å². The van der Waals surface area contributed by atoms with Crippen molar-refractivity contribution in [1.29, 1.82) is 0 Å². The van der Waals surface area contributed by atoms with Crippen LogP contribution in [0.25, 0.3) is 4.91 Å². The van der Waals surface area contributed by atoms with Gasteiger partial charge in [0.25, 0.3) is 5.91 Å². The summed E-state index contributed by atoms with van der Waals surface area (Å²) in [4.78, 5) is 17.4. The van der Waals surface area contributed by atoms with Gasteiger partial charge in [-0.15, -0.1) is 0 Å². The molecule has 0 saturated carbocycles. The maximum atomic E-state index is 13.7. The van der Waals surface area contributed by atoms with Gasteiger partial charge in [-0.1, -0.05) is 65.8 Å². The third-order valence-corrected chi connectivity index (χ3v) is 8.21. The fraction of sp³-hybridized carbons (Fsp3) is 0.129. The number of anilines is 1. The first kappa shape index (κ1) is 23.8. The maximum Gasteiger partial charge on any atom is 0.271 e. The van der Waals surface area contributed by atoms with Crippen LogP contribution < -0.4 is 9.64 Å². The van der Waals surface area contributed by atoms with Crippen molar-refractivity contribution in [3.63, 3.8) is 0 Å². The number of thioether (sulfide) groups is 1. The first-order valence-electron chi connectivity index (χ1n) is 12.1. The van der Waals surface area contributed by atoms with Gasteiger partial charge < -0.3 is 4.74 Å². The van der Waals surface area contributed by atoms with Crippen LogP contribution in [0.1, 0.15) is 17.5 Å². The molecule has 3 nitrogen and oxygen atoms in total. The van der Waals surface area contributed by atoms with Gasteiger partial charge in [-0.2, -0.15) is 0 Å². The van der Waals surface area contributed by atoms with Crippen LogP contribution in [0.4, 0.5) is 10.1 Å². The number of rotatable bonds is 6. The maximum absolute atomic E-state index is 13.7. The van der Waals surface area contributed by atoms with E-state index in [1.165, 1.54) is 17.7 Å². The number of fused-ring (bicyclic) bond motifs is 1. The van der Waals surface area contributed by atoms with Gasteiger partial charge in [0.2, 0.25) is 6.10 Å². The molecule has 0 bridgehead atoms. The van der Waals surface area contributed by atoms with Crippen molar-refractivity contribution in [3.05, 3.63) is 131 Å². The molecular formula is C31H23ClFNO2S. The molecule has 0 N–H and O–H groups in total. The summed E-state index contributed by atoms with van der Waals surface area (Å²) in [6.45, 7) is 0. The van der Waals surface area contributed by atoms with Crippen molar-refractivity contribution < 1.29 is 13.9 Å². The molecule has 0 radical (unpaired) electrons. The summed E-state index contributed by atoms with van der Waals surface area (Å²) in [5.74, 6) is 0.303. The third-order valence-electron chi connectivity index (χ3n) is 6.76. The number of β-lactam (4-membered cyclic amide) rings is 1. The lowest BCUT2D eigenvalue weighted by Gasteiger charge is -2.48. The monoisotopic (exact) mass is 527 g/mol. The third kappa shape index (κ3) is 4.65. The molecule has 0 spiro atoms. The van der Waals surface area contributed by atoms with E-state index in [0.717, 1.165) is 39.5 Å². The molecule has 2 atom stereocenters. The van der Waals surface area contributed by atoms with Crippen LogP contribution in [0.3, 0.4) is 0 Å². The Morgan fingerprint density at radius 2 is 1.54 bits per heavy atom. The summed E-state index contributed by atoms with van der Waals surface area (Å²) in [5, 5.41) is 0.615. The lowest BCUT2D eigenvalue weighted by molar-refractivity contribution is -0.133. The van der Waals surface area contributed by atoms with Crippen molar-refractivity contribution in [3.8, 4) is 5.75 Å². The van der Waals surface area contributed by atoms with Crippen LogP contribution in [-0.4, -0.2) is 18.1 Å². The largest absolute Gasteiger partial charge is 0.478 e. The highest BCUT2D eigenvalue weighted by molar-refractivity contribution is 8.08. The first-order chi connectivity index (χ1) is 18.1. The Hall–Kier alpha value is -3.54.